The van der Waals surface area contributed by atoms with Crippen LogP contribution < -0.4 is 10.0 Å². The molecule has 106 valence electrons. The summed E-state index contributed by atoms with van der Waals surface area (Å²) < 4.78 is 30.5. The molecule has 1 heterocycles. The Morgan fingerprint density at radius 2 is 2.05 bits per heavy atom. The van der Waals surface area contributed by atoms with Gasteiger partial charge in [0.1, 0.15) is 5.60 Å². The Labute approximate surface area is 112 Å². The molecule has 1 unspecified atom stereocenters. The van der Waals surface area contributed by atoms with E-state index >= 15 is 0 Å². The van der Waals surface area contributed by atoms with Gasteiger partial charge in [0.2, 0.25) is 10.0 Å². The van der Waals surface area contributed by atoms with Crippen molar-refractivity contribution in [2.24, 2.45) is 0 Å². The summed E-state index contributed by atoms with van der Waals surface area (Å²) in [5.41, 5.74) is -0.0780. The minimum atomic E-state index is -3.40. The van der Waals surface area contributed by atoms with Crippen LogP contribution in [0, 0.1) is 0 Å². The molecule has 1 aliphatic heterocycles. The highest BCUT2D eigenvalue weighted by atomic mass is 32.2. The summed E-state index contributed by atoms with van der Waals surface area (Å²) >= 11 is 0. The van der Waals surface area contributed by atoms with Gasteiger partial charge in [-0.15, -0.1) is 0 Å². The Bertz CT molecular complexity index is 521. The molecule has 1 aromatic carbocycles. The predicted molar refractivity (Wildman–Crippen MR) is 71.6 cm³/mol. The van der Waals surface area contributed by atoms with Crippen LogP contribution in [-0.2, 0) is 14.8 Å². The van der Waals surface area contributed by atoms with Gasteiger partial charge >= 0.3 is 0 Å². The first kappa shape index (κ1) is 14.3. The quantitative estimate of drug-likeness (QED) is 0.717. The maximum Gasteiger partial charge on any atom is 0.240 e. The van der Waals surface area contributed by atoms with Crippen LogP contribution in [0.5, 0.6) is 0 Å². The zero-order valence-electron chi connectivity index (χ0n) is 10.7. The number of ether oxygens (including phenoxy) is 1. The van der Waals surface area contributed by atoms with E-state index in [-0.39, 0.29) is 4.90 Å². The highest BCUT2D eigenvalue weighted by Gasteiger charge is 2.31. The second-order valence-electron chi connectivity index (χ2n) is 4.61. The Balaban J connectivity index is 1.99. The number of nitrogens with one attached hydrogen (secondary N) is 2. The summed E-state index contributed by atoms with van der Waals surface area (Å²) in [6.45, 7) is 1.27. The second-order valence-corrected chi connectivity index (χ2v) is 6.50. The van der Waals surface area contributed by atoms with Crippen LogP contribution in [-0.4, -0.2) is 45.9 Å². The Morgan fingerprint density at radius 3 is 2.58 bits per heavy atom. The minimum Gasteiger partial charge on any atom is -0.386 e. The summed E-state index contributed by atoms with van der Waals surface area (Å²) in [5.74, 6) is 0. The van der Waals surface area contributed by atoms with E-state index in [0.29, 0.717) is 26.2 Å². The maximum atomic E-state index is 11.5. The molecule has 19 heavy (non-hydrogen) atoms. The summed E-state index contributed by atoms with van der Waals surface area (Å²) in [5, 5.41) is 13.2. The normalized spacial score (nSPS) is 23.5. The molecule has 1 fully saturated rings. The molecule has 2 rings (SSSR count). The number of hydrogen-bond acceptors (Lipinski definition) is 5. The molecule has 0 bridgehead atoms. The van der Waals surface area contributed by atoms with Gasteiger partial charge in [-0.25, -0.2) is 13.1 Å². The lowest BCUT2D eigenvalue weighted by Crippen LogP contribution is -2.37. The molecule has 0 aliphatic carbocycles. The lowest BCUT2D eigenvalue weighted by molar-refractivity contribution is 0.0382. The van der Waals surface area contributed by atoms with Gasteiger partial charge in [0.15, 0.2) is 0 Å². The van der Waals surface area contributed by atoms with Crippen LogP contribution in [0.1, 0.15) is 6.42 Å². The zero-order chi connectivity index (χ0) is 13.9. The van der Waals surface area contributed by atoms with E-state index in [0.717, 1.165) is 5.69 Å². The average molecular weight is 286 g/mol. The molecule has 0 radical (unpaired) electrons. The Hall–Kier alpha value is -1.15. The zero-order valence-corrected chi connectivity index (χ0v) is 11.5. The van der Waals surface area contributed by atoms with Gasteiger partial charge in [0.25, 0.3) is 0 Å². The average Bonchev–Trinajstić information content (AvgIpc) is 2.84. The van der Waals surface area contributed by atoms with E-state index in [1.807, 2.05) is 0 Å². The van der Waals surface area contributed by atoms with Crippen molar-refractivity contribution in [3.63, 3.8) is 0 Å². The first-order chi connectivity index (χ1) is 8.95. The van der Waals surface area contributed by atoms with Gasteiger partial charge in [-0.2, -0.15) is 0 Å². The van der Waals surface area contributed by atoms with E-state index in [4.69, 9.17) is 4.74 Å². The number of aliphatic hydroxyl groups is 1. The maximum absolute atomic E-state index is 11.5. The number of hydrogen-bond donors (Lipinski definition) is 3. The summed E-state index contributed by atoms with van der Waals surface area (Å²) in [4.78, 5) is 0.212. The number of rotatable bonds is 5. The van der Waals surface area contributed by atoms with Gasteiger partial charge in [-0.1, -0.05) is 0 Å². The van der Waals surface area contributed by atoms with E-state index in [1.165, 1.54) is 19.2 Å². The van der Waals surface area contributed by atoms with Gasteiger partial charge in [0, 0.05) is 25.3 Å². The number of sulfonamides is 1. The molecule has 7 heteroatoms. The molecule has 0 amide bonds. The third kappa shape index (κ3) is 3.44. The smallest absolute Gasteiger partial charge is 0.240 e. The molecule has 1 aliphatic rings. The molecular formula is C12H18N2O4S. The minimum absolute atomic E-state index is 0.212. The van der Waals surface area contributed by atoms with Crippen molar-refractivity contribution in [2.45, 2.75) is 16.9 Å². The fraction of sp³-hybridized carbons (Fsp3) is 0.500. The molecule has 1 saturated heterocycles. The Kier molecular flexibility index (Phi) is 4.10. The van der Waals surface area contributed by atoms with Gasteiger partial charge in [0.05, 0.1) is 11.5 Å². The molecule has 0 spiro atoms. The van der Waals surface area contributed by atoms with Crippen LogP contribution in [0.15, 0.2) is 29.2 Å². The highest BCUT2D eigenvalue weighted by molar-refractivity contribution is 7.89. The first-order valence-electron chi connectivity index (χ1n) is 6.03. The van der Waals surface area contributed by atoms with E-state index < -0.39 is 15.6 Å². The molecule has 3 N–H and O–H groups in total. The van der Waals surface area contributed by atoms with E-state index in [1.54, 1.807) is 12.1 Å². The highest BCUT2D eigenvalue weighted by Crippen LogP contribution is 2.20. The van der Waals surface area contributed by atoms with Crippen molar-refractivity contribution < 1.29 is 18.3 Å². The van der Waals surface area contributed by atoms with E-state index in [9.17, 15) is 13.5 Å². The van der Waals surface area contributed by atoms with Crippen molar-refractivity contribution in [3.05, 3.63) is 24.3 Å². The van der Waals surface area contributed by atoms with Crippen molar-refractivity contribution in [2.75, 3.05) is 32.1 Å². The van der Waals surface area contributed by atoms with Crippen LogP contribution in [0.2, 0.25) is 0 Å². The number of benzene rings is 1. The standard InChI is InChI=1S/C12H18N2O4S/c1-13-19(16,17)11-4-2-10(3-5-11)14-8-12(15)6-7-18-9-12/h2-5,13-15H,6-9H2,1H3. The summed E-state index contributed by atoms with van der Waals surface area (Å²) in [6, 6.07) is 6.37. The van der Waals surface area contributed by atoms with Crippen LogP contribution in [0.25, 0.3) is 0 Å². The molecule has 0 saturated carbocycles. The van der Waals surface area contributed by atoms with Gasteiger partial charge in [-0.05, 0) is 31.3 Å². The van der Waals surface area contributed by atoms with E-state index in [2.05, 4.69) is 10.0 Å². The molecule has 0 aromatic heterocycles. The largest absolute Gasteiger partial charge is 0.386 e. The van der Waals surface area contributed by atoms with Crippen LogP contribution in [0.4, 0.5) is 5.69 Å². The molecule has 6 nitrogen and oxygen atoms in total. The van der Waals surface area contributed by atoms with Crippen molar-refractivity contribution >= 4 is 15.7 Å². The Morgan fingerprint density at radius 1 is 1.37 bits per heavy atom. The third-order valence-corrected chi connectivity index (χ3v) is 4.57. The third-order valence-electron chi connectivity index (χ3n) is 3.14. The fourth-order valence-electron chi connectivity index (χ4n) is 1.87. The second kappa shape index (κ2) is 5.46. The summed E-state index contributed by atoms with van der Waals surface area (Å²) in [6.07, 6.45) is 0.603. The number of anilines is 1. The van der Waals surface area contributed by atoms with Gasteiger partial charge in [-0.3, -0.25) is 0 Å². The SMILES string of the molecule is CNS(=O)(=O)c1ccc(NCC2(O)CCOC2)cc1. The topological polar surface area (TPSA) is 87.7 Å². The molecule has 1 atom stereocenters. The van der Waals surface area contributed by atoms with Crippen LogP contribution in [0.3, 0.4) is 0 Å². The molecule has 1 aromatic rings. The van der Waals surface area contributed by atoms with Crippen molar-refractivity contribution in [1.29, 1.82) is 0 Å². The predicted octanol–water partition coefficient (Wildman–Crippen LogP) is 0.158. The van der Waals surface area contributed by atoms with Crippen LogP contribution >= 0.6 is 0 Å². The molecular weight excluding hydrogens is 268 g/mol. The van der Waals surface area contributed by atoms with Crippen molar-refractivity contribution in [1.82, 2.24) is 4.72 Å². The first-order valence-corrected chi connectivity index (χ1v) is 7.51. The summed E-state index contributed by atoms with van der Waals surface area (Å²) in [7, 11) is -2.03. The van der Waals surface area contributed by atoms with Gasteiger partial charge < -0.3 is 15.2 Å². The fourth-order valence-corrected chi connectivity index (χ4v) is 2.60. The lowest BCUT2D eigenvalue weighted by atomic mass is 10.0. The van der Waals surface area contributed by atoms with Crippen molar-refractivity contribution in [3.8, 4) is 0 Å². The lowest BCUT2D eigenvalue weighted by Gasteiger charge is -2.21. The monoisotopic (exact) mass is 286 g/mol.